The average molecular weight is 180 g/mol. The molecule has 0 spiro atoms. The fraction of sp³-hybridized carbons (Fsp3) is 0.333. The summed E-state index contributed by atoms with van der Waals surface area (Å²) in [6, 6.07) is 0. The van der Waals surface area contributed by atoms with Gasteiger partial charge in [-0.2, -0.15) is 0 Å². The summed E-state index contributed by atoms with van der Waals surface area (Å²) < 4.78 is 0. The number of hydrogen-bond acceptors (Lipinski definition) is 3. The topological polar surface area (TPSA) is 40.5 Å². The molecule has 0 atom stereocenters. The molecule has 0 aliphatic rings. The van der Waals surface area contributed by atoms with Crippen molar-refractivity contribution in [3.8, 4) is 0 Å². The Balaban J connectivity index is 4.23. The molecular weight excluding hydrogens is 167 g/mol. The van der Waals surface area contributed by atoms with Crippen LogP contribution < -0.4 is 0 Å². The Morgan fingerprint density at radius 2 is 1.50 bits per heavy atom. The predicted octanol–water partition coefficient (Wildman–Crippen LogP) is 1.57. The summed E-state index contributed by atoms with van der Waals surface area (Å²) in [5.41, 5.74) is 0. The fourth-order valence-corrected chi connectivity index (χ4v) is 2.50. The van der Waals surface area contributed by atoms with Gasteiger partial charge in [0.15, 0.2) is 0 Å². The van der Waals surface area contributed by atoms with E-state index in [2.05, 4.69) is 25.4 Å². The van der Waals surface area contributed by atoms with Crippen LogP contribution in [0.1, 0.15) is 0 Å². The van der Waals surface area contributed by atoms with E-state index in [4.69, 9.17) is 0 Å². The van der Waals surface area contributed by atoms with Gasteiger partial charge in [-0.3, -0.25) is 0 Å². The van der Waals surface area contributed by atoms with Gasteiger partial charge in [0.1, 0.15) is 0 Å². The zero-order valence-corrected chi connectivity index (χ0v) is 7.56. The van der Waals surface area contributed by atoms with Gasteiger partial charge in [-0.25, -0.2) is 0 Å². The summed E-state index contributed by atoms with van der Waals surface area (Å²) in [7, 11) is 0. The molecule has 0 saturated carbocycles. The fourth-order valence-electron chi connectivity index (χ4n) is 0.604. The molecule has 2 N–H and O–H groups in total. The zero-order chi connectivity index (χ0) is 8.28. The van der Waals surface area contributed by atoms with Gasteiger partial charge in [0.05, 0.1) is 0 Å². The SMILES string of the molecule is C=CCP(O)(O)(S)CC=C. The second-order valence-electron chi connectivity index (χ2n) is 2.28. The maximum absolute atomic E-state index is 9.39. The van der Waals surface area contributed by atoms with Crippen molar-refractivity contribution in [2.45, 2.75) is 0 Å². The monoisotopic (exact) mass is 180 g/mol. The Kier molecular flexibility index (Phi) is 3.11. The Hall–Kier alpha value is 0.180. The van der Waals surface area contributed by atoms with E-state index in [1.165, 1.54) is 12.2 Å². The zero-order valence-electron chi connectivity index (χ0n) is 5.77. The molecule has 0 aromatic carbocycles. The van der Waals surface area contributed by atoms with Crippen molar-refractivity contribution < 1.29 is 9.79 Å². The van der Waals surface area contributed by atoms with Crippen LogP contribution in [-0.4, -0.2) is 22.1 Å². The molecule has 0 aromatic heterocycles. The van der Waals surface area contributed by atoms with Crippen molar-refractivity contribution in [3.63, 3.8) is 0 Å². The Morgan fingerprint density at radius 1 is 1.20 bits per heavy atom. The average Bonchev–Trinajstić information content (AvgIpc) is 1.61. The Bertz CT molecular complexity index is 134. The molecular formula is C6H13O2PS. The molecule has 0 heterocycles. The molecule has 10 heavy (non-hydrogen) atoms. The van der Waals surface area contributed by atoms with E-state index in [1.54, 1.807) is 0 Å². The van der Waals surface area contributed by atoms with Gasteiger partial charge >= 0.3 is 65.9 Å². The van der Waals surface area contributed by atoms with Crippen LogP contribution in [0, 0.1) is 0 Å². The van der Waals surface area contributed by atoms with Gasteiger partial charge in [-0.1, -0.05) is 0 Å². The summed E-state index contributed by atoms with van der Waals surface area (Å²) >= 11 is 3.80. The van der Waals surface area contributed by atoms with Gasteiger partial charge in [0.2, 0.25) is 0 Å². The van der Waals surface area contributed by atoms with Crippen LogP contribution in [0.3, 0.4) is 0 Å². The van der Waals surface area contributed by atoms with E-state index in [-0.39, 0.29) is 12.3 Å². The number of rotatable bonds is 4. The molecule has 0 aromatic rings. The van der Waals surface area contributed by atoms with Crippen LogP contribution in [0.25, 0.3) is 0 Å². The van der Waals surface area contributed by atoms with Crippen LogP contribution in [-0.2, 0) is 0 Å². The quantitative estimate of drug-likeness (QED) is 0.349. The van der Waals surface area contributed by atoms with Gasteiger partial charge < -0.3 is 0 Å². The van der Waals surface area contributed by atoms with Gasteiger partial charge in [-0.05, 0) is 0 Å². The molecule has 0 fully saturated rings. The Morgan fingerprint density at radius 3 is 1.70 bits per heavy atom. The third kappa shape index (κ3) is 4.07. The molecule has 0 unspecified atom stereocenters. The molecule has 0 radical (unpaired) electrons. The standard InChI is InChI=1S/C6H13O2PS/c1-3-5-9(7,8,10)6-4-2/h3-4,7-8,10H,1-2,5-6H2. The normalized spacial score (nSPS) is 15.3. The predicted molar refractivity (Wildman–Crippen MR) is 50.5 cm³/mol. The summed E-state index contributed by atoms with van der Waals surface area (Å²) in [5.74, 6) is 0. The van der Waals surface area contributed by atoms with Crippen molar-refractivity contribution in [1.29, 1.82) is 0 Å². The summed E-state index contributed by atoms with van der Waals surface area (Å²) in [6.07, 6.45) is -0.517. The van der Waals surface area contributed by atoms with Gasteiger partial charge in [0.25, 0.3) is 0 Å². The maximum atomic E-state index is 9.39. The van der Waals surface area contributed by atoms with Crippen molar-refractivity contribution in [2.75, 3.05) is 12.3 Å². The third-order valence-corrected chi connectivity index (χ3v) is 4.00. The van der Waals surface area contributed by atoms with E-state index < -0.39 is 6.26 Å². The van der Waals surface area contributed by atoms with Crippen LogP contribution in [0.2, 0.25) is 0 Å². The van der Waals surface area contributed by atoms with Crippen molar-refractivity contribution >= 4 is 18.5 Å². The van der Waals surface area contributed by atoms with E-state index in [9.17, 15) is 9.79 Å². The molecule has 0 bridgehead atoms. The van der Waals surface area contributed by atoms with Crippen LogP contribution >= 0.6 is 18.5 Å². The summed E-state index contributed by atoms with van der Waals surface area (Å²) in [4.78, 5) is 18.8. The van der Waals surface area contributed by atoms with E-state index in [0.29, 0.717) is 0 Å². The molecule has 60 valence electrons. The summed E-state index contributed by atoms with van der Waals surface area (Å²) in [5, 5.41) is 0. The van der Waals surface area contributed by atoms with Crippen LogP contribution in [0.5, 0.6) is 0 Å². The van der Waals surface area contributed by atoms with Crippen molar-refractivity contribution in [2.24, 2.45) is 0 Å². The van der Waals surface area contributed by atoms with Gasteiger partial charge in [-0.15, -0.1) is 0 Å². The molecule has 0 aliphatic carbocycles. The first-order valence-electron chi connectivity index (χ1n) is 2.87. The molecule has 4 heteroatoms. The number of thiol groups is 1. The first kappa shape index (κ1) is 10.2. The second kappa shape index (κ2) is 3.05. The van der Waals surface area contributed by atoms with Gasteiger partial charge in [0, 0.05) is 0 Å². The first-order chi connectivity index (χ1) is 4.39. The van der Waals surface area contributed by atoms with Crippen LogP contribution in [0.4, 0.5) is 0 Å². The van der Waals surface area contributed by atoms with Crippen molar-refractivity contribution in [1.82, 2.24) is 0 Å². The second-order valence-corrected chi connectivity index (χ2v) is 8.46. The van der Waals surface area contributed by atoms with Crippen LogP contribution in [0.15, 0.2) is 25.3 Å². The van der Waals surface area contributed by atoms with Crippen molar-refractivity contribution in [3.05, 3.63) is 25.3 Å². The van der Waals surface area contributed by atoms with E-state index in [1.807, 2.05) is 0 Å². The molecule has 0 amide bonds. The summed E-state index contributed by atoms with van der Waals surface area (Å²) in [6.45, 7) is 6.81. The minimum absolute atomic E-state index is 0.140. The molecule has 0 aliphatic heterocycles. The van der Waals surface area contributed by atoms with E-state index >= 15 is 0 Å². The number of allylic oxidation sites excluding steroid dienone is 2. The third-order valence-electron chi connectivity index (χ3n) is 1.01. The molecule has 2 nitrogen and oxygen atoms in total. The Labute approximate surface area is 66.5 Å². The number of hydrogen-bond donors (Lipinski definition) is 3. The molecule has 0 saturated heterocycles. The van der Waals surface area contributed by atoms with E-state index in [0.717, 1.165) is 0 Å². The minimum atomic E-state index is -3.70. The first-order valence-corrected chi connectivity index (χ1v) is 6.53. The molecule has 0 rings (SSSR count).